The van der Waals surface area contributed by atoms with Crippen molar-refractivity contribution in [2.24, 2.45) is 29.6 Å². The maximum absolute atomic E-state index is 14.4. The monoisotopic (exact) mass is 830 g/mol. The van der Waals surface area contributed by atoms with Crippen molar-refractivity contribution in [1.29, 1.82) is 0 Å². The fourth-order valence-corrected chi connectivity index (χ4v) is 9.09. The molecule has 0 aliphatic carbocycles. The van der Waals surface area contributed by atoms with Crippen LogP contribution in [-0.4, -0.2) is 109 Å². The highest BCUT2D eigenvalue weighted by atomic mass is 16.5. The summed E-state index contributed by atoms with van der Waals surface area (Å²) in [4.78, 5) is 60.0. The van der Waals surface area contributed by atoms with E-state index >= 15 is 0 Å². The van der Waals surface area contributed by atoms with Gasteiger partial charge in [0.05, 0.1) is 36.8 Å². The number of ether oxygens (including phenoxy) is 2. The molecule has 9 atom stereocenters. The van der Waals surface area contributed by atoms with Gasteiger partial charge in [-0.3, -0.25) is 19.2 Å². The van der Waals surface area contributed by atoms with Crippen molar-refractivity contribution in [3.63, 3.8) is 0 Å². The summed E-state index contributed by atoms with van der Waals surface area (Å²) in [6, 6.07) is 18.5. The summed E-state index contributed by atoms with van der Waals surface area (Å²) in [5.74, 6) is -0.798. The topological polar surface area (TPSA) is 144 Å². The van der Waals surface area contributed by atoms with Gasteiger partial charge in [0.15, 0.2) is 5.78 Å². The Morgan fingerprint density at radius 3 is 2.08 bits per heavy atom. The van der Waals surface area contributed by atoms with Crippen LogP contribution in [0.15, 0.2) is 65.1 Å². The van der Waals surface area contributed by atoms with Crippen molar-refractivity contribution in [3.8, 4) is 11.5 Å². The largest absolute Gasteiger partial charge is 0.420 e. The molecule has 0 radical (unpaired) electrons. The van der Waals surface area contributed by atoms with Crippen LogP contribution in [0.1, 0.15) is 104 Å². The first-order valence-electron chi connectivity index (χ1n) is 21.9. The number of ketones is 2. The molecule has 3 aromatic rings. The van der Waals surface area contributed by atoms with Gasteiger partial charge in [-0.2, -0.15) is 0 Å². The van der Waals surface area contributed by atoms with Gasteiger partial charge in [-0.05, 0) is 61.8 Å². The normalized spacial score (nSPS) is 18.4. The van der Waals surface area contributed by atoms with E-state index in [4.69, 9.17) is 13.9 Å². The van der Waals surface area contributed by atoms with Gasteiger partial charge < -0.3 is 29.0 Å². The van der Waals surface area contributed by atoms with E-state index < -0.39 is 30.1 Å². The number of hydrogen-bond acceptors (Lipinski definition) is 10. The number of carbonyl (C=O) groups is 4. The maximum Gasteiger partial charge on any atom is 0.247 e. The quantitative estimate of drug-likeness (QED) is 0.0969. The van der Waals surface area contributed by atoms with Crippen LogP contribution >= 0.6 is 0 Å². The van der Waals surface area contributed by atoms with Gasteiger partial charge in [-0.1, -0.05) is 103 Å². The average molecular weight is 830 g/mol. The molecule has 0 saturated carbocycles. The summed E-state index contributed by atoms with van der Waals surface area (Å²) in [7, 11) is 6.75. The number of carbonyl (C=O) groups excluding carboxylic acids is 4. The van der Waals surface area contributed by atoms with E-state index in [1.807, 2.05) is 100 Å². The number of nitrogens with one attached hydrogen (secondary N) is 1. The van der Waals surface area contributed by atoms with E-state index in [9.17, 15) is 19.2 Å². The Morgan fingerprint density at radius 1 is 0.867 bits per heavy atom. The lowest BCUT2D eigenvalue weighted by Crippen LogP contribution is -2.54. The Hall–Kier alpha value is -4.26. The fourth-order valence-electron chi connectivity index (χ4n) is 9.09. The molecule has 4 rings (SSSR count). The highest BCUT2D eigenvalue weighted by Crippen LogP contribution is 2.33. The molecule has 0 spiro atoms. The molecule has 1 fully saturated rings. The molecule has 330 valence electrons. The Morgan fingerprint density at radius 2 is 1.52 bits per heavy atom. The second kappa shape index (κ2) is 23.1. The Kier molecular flexibility index (Phi) is 18.6. The highest BCUT2D eigenvalue weighted by Gasteiger charge is 2.43. The van der Waals surface area contributed by atoms with Crippen LogP contribution in [0, 0.1) is 29.6 Å². The maximum atomic E-state index is 14.4. The third kappa shape index (κ3) is 12.2. The van der Waals surface area contributed by atoms with E-state index in [-0.39, 0.29) is 78.4 Å². The molecule has 1 aliphatic heterocycles. The average Bonchev–Trinajstić information content (AvgIpc) is 3.94. The van der Waals surface area contributed by atoms with Crippen LogP contribution < -0.4 is 5.32 Å². The molecule has 0 bridgehead atoms. The molecule has 1 saturated heterocycles. The number of amides is 2. The van der Waals surface area contributed by atoms with Crippen molar-refractivity contribution in [2.45, 2.75) is 130 Å². The third-order valence-electron chi connectivity index (χ3n) is 12.8. The molecule has 1 aromatic heterocycles. The van der Waals surface area contributed by atoms with E-state index in [1.54, 1.807) is 33.2 Å². The van der Waals surface area contributed by atoms with Gasteiger partial charge in [-0.25, -0.2) is 0 Å². The van der Waals surface area contributed by atoms with Crippen LogP contribution in [0.25, 0.3) is 11.5 Å². The molecule has 1 N–H and O–H groups in total. The summed E-state index contributed by atoms with van der Waals surface area (Å²) in [5, 5.41) is 11.9. The van der Waals surface area contributed by atoms with Gasteiger partial charge in [0.1, 0.15) is 5.78 Å². The molecule has 12 heteroatoms. The van der Waals surface area contributed by atoms with Gasteiger partial charge in [-0.15, -0.1) is 10.2 Å². The van der Waals surface area contributed by atoms with Crippen LogP contribution in [0.4, 0.5) is 0 Å². The van der Waals surface area contributed by atoms with Crippen LogP contribution in [-0.2, 0) is 35.1 Å². The second-order valence-electron chi connectivity index (χ2n) is 17.5. The number of hydrogen-bond donors (Lipinski definition) is 1. The minimum absolute atomic E-state index is 0.00568. The Balaban J connectivity index is 1.52. The van der Waals surface area contributed by atoms with E-state index in [0.717, 1.165) is 24.0 Å². The van der Waals surface area contributed by atoms with Crippen LogP contribution in [0.2, 0.25) is 0 Å². The lowest BCUT2D eigenvalue weighted by atomic mass is 9.84. The smallest absolute Gasteiger partial charge is 0.247 e. The lowest BCUT2D eigenvalue weighted by Gasteiger charge is -2.41. The zero-order chi connectivity index (χ0) is 44.1. The second-order valence-corrected chi connectivity index (χ2v) is 17.5. The molecule has 2 heterocycles. The summed E-state index contributed by atoms with van der Waals surface area (Å²) in [6.45, 7) is 14.5. The number of likely N-dealkylation sites (tertiary alicyclic amines) is 1. The lowest BCUT2D eigenvalue weighted by molar-refractivity contribution is -0.149. The van der Waals surface area contributed by atoms with E-state index in [1.165, 1.54) is 0 Å². The summed E-state index contributed by atoms with van der Waals surface area (Å²) in [6.07, 6.45) is 1.97. The van der Waals surface area contributed by atoms with Crippen LogP contribution in [0.5, 0.6) is 0 Å². The van der Waals surface area contributed by atoms with Gasteiger partial charge in [0.25, 0.3) is 0 Å². The molecular weight excluding hydrogens is 759 g/mol. The Bertz CT molecular complexity index is 1800. The number of Topliss-reactive ketones (excluding diaryl/α,β-unsaturated/α-hetero) is 2. The van der Waals surface area contributed by atoms with Crippen LogP contribution in [0.3, 0.4) is 0 Å². The first-order chi connectivity index (χ1) is 28.7. The first kappa shape index (κ1) is 48.4. The molecule has 60 heavy (non-hydrogen) atoms. The van der Waals surface area contributed by atoms with Crippen molar-refractivity contribution in [2.75, 3.05) is 34.9 Å². The number of methoxy groups -OCH3 is 2. The zero-order valence-electron chi connectivity index (χ0n) is 37.9. The van der Waals surface area contributed by atoms with Crippen molar-refractivity contribution in [1.82, 2.24) is 25.3 Å². The predicted octanol–water partition coefficient (Wildman–Crippen LogP) is 7.42. The first-order valence-corrected chi connectivity index (χ1v) is 21.9. The van der Waals surface area contributed by atoms with E-state index in [2.05, 4.69) is 29.4 Å². The number of nitrogens with zero attached hydrogens (tertiary/aromatic N) is 4. The molecular formula is C48H71N5O7. The molecule has 1 aliphatic rings. The minimum Gasteiger partial charge on any atom is -0.420 e. The number of benzene rings is 2. The van der Waals surface area contributed by atoms with Gasteiger partial charge in [0.2, 0.25) is 23.6 Å². The van der Waals surface area contributed by atoms with Crippen molar-refractivity contribution in [3.05, 3.63) is 72.1 Å². The predicted molar refractivity (Wildman–Crippen MR) is 234 cm³/mol. The summed E-state index contributed by atoms with van der Waals surface area (Å²) < 4.78 is 18.4. The summed E-state index contributed by atoms with van der Waals surface area (Å²) >= 11 is 0. The molecule has 0 unspecified atom stereocenters. The van der Waals surface area contributed by atoms with Gasteiger partial charge >= 0.3 is 0 Å². The van der Waals surface area contributed by atoms with Crippen molar-refractivity contribution < 1.29 is 33.1 Å². The summed E-state index contributed by atoms with van der Waals surface area (Å²) in [5.41, 5.74) is 1.86. The SMILES string of the molecule is CC[C@H](C)[C@@H]([C@@H](CC(=O)N1CCC[C@H]1[C@H](OC)[C@@H](C)C(=O)C[C@@H](Cc1ccccc1)c1nnc(-c2ccccc2)o1)OC)N(C)C(=O)[C@@H](CC(=O)[C@@H](NC)C(C)C)C(C)C. The standard InChI is InChI=1S/C48H71N5O7/c1-12-32(6)44(52(9)48(57)37(30(2)3)28-40(55)43(49-8)31(4)5)41(58-10)29-42(56)53-25-19-24-38(53)45(59-11)33(7)39(54)27-36(26-34-20-15-13-16-21-34)47-51-50-46(60-47)35-22-17-14-18-23-35/h13-18,20-23,30-33,36-38,41,43-45,49H,12,19,24-29H2,1-11H3/t32-,33-,36+,37-,38-,41+,43-,44-,45+/m0/s1. The minimum atomic E-state index is -0.596. The van der Waals surface area contributed by atoms with E-state index in [0.29, 0.717) is 31.2 Å². The molecule has 2 amide bonds. The van der Waals surface area contributed by atoms with Gasteiger partial charge in [0, 0.05) is 64.0 Å². The zero-order valence-corrected chi connectivity index (χ0v) is 37.9. The number of aromatic nitrogens is 2. The Labute approximate surface area is 358 Å². The highest BCUT2D eigenvalue weighted by molar-refractivity contribution is 5.90. The van der Waals surface area contributed by atoms with Crippen molar-refractivity contribution >= 4 is 23.4 Å². The number of likely N-dealkylation sites (N-methyl/N-ethyl adjacent to an activating group) is 2. The fraction of sp³-hybridized carbons (Fsp3) is 0.625. The number of rotatable bonds is 24. The molecule has 2 aromatic carbocycles. The third-order valence-corrected chi connectivity index (χ3v) is 12.8. The molecule has 12 nitrogen and oxygen atoms in total.